The van der Waals surface area contributed by atoms with Crippen LogP contribution in [-0.4, -0.2) is 6.71 Å². The standard InChI is InChI=1S/C80H82BN3S/c1-49-40-58-61(78(9,10)37-34-75(58,3)4)46-67(49)83-66-33-30-52(51-24-18-15-19-25-51)42-65(66)81-64-32-31-56-57-45-60-63(80(13,14)39-36-77(60,7)8)48-71(57)85-74(56)73(64)84(68-47-62-59(41-50(68)2)76(5,6)35-38-79(62,11)12)70-44-55(43-69(83)72(70)81)82(53-26-20-16-21-27-53)54-28-22-17-23-29-54/h15-33,40-48H,34-39H2,1-14H3. The van der Waals surface area contributed by atoms with E-state index in [0.29, 0.717) is 0 Å². The number of nitrogens with zero attached hydrogens (tertiary/aromatic N) is 3. The zero-order valence-corrected chi connectivity index (χ0v) is 53.6. The molecule has 3 aliphatic carbocycles. The fraction of sp³-hybridized carbons (Fsp3) is 0.325. The first kappa shape index (κ1) is 54.3. The van der Waals surface area contributed by atoms with E-state index in [2.05, 4.69) is 281 Å². The Morgan fingerprint density at radius 2 is 0.812 bits per heavy atom. The Bertz CT molecular complexity index is 4370. The molecule has 0 bridgehead atoms. The topological polar surface area (TPSA) is 9.72 Å². The fourth-order valence-electron chi connectivity index (χ4n) is 16.3. The van der Waals surface area contributed by atoms with Crippen molar-refractivity contribution in [1.82, 2.24) is 0 Å². The summed E-state index contributed by atoms with van der Waals surface area (Å²) in [5.41, 5.74) is 29.3. The third-order valence-corrected chi connectivity index (χ3v) is 23.0. The molecule has 2 aliphatic heterocycles. The van der Waals surface area contributed by atoms with Crippen molar-refractivity contribution in [2.75, 3.05) is 14.7 Å². The fourth-order valence-corrected chi connectivity index (χ4v) is 17.6. The molecule has 5 heteroatoms. The lowest BCUT2D eigenvalue weighted by atomic mass is 9.33. The van der Waals surface area contributed by atoms with Crippen molar-refractivity contribution in [3.05, 3.63) is 214 Å². The predicted octanol–water partition coefficient (Wildman–Crippen LogP) is 20.9. The number of fused-ring (bicyclic) bond motifs is 11. The molecule has 3 nitrogen and oxygen atoms in total. The quantitative estimate of drug-likeness (QED) is 0.154. The molecule has 9 aromatic carbocycles. The minimum atomic E-state index is -0.0931. The van der Waals surface area contributed by atoms with Crippen LogP contribution in [0.4, 0.5) is 51.2 Å². The molecule has 0 saturated carbocycles. The van der Waals surface area contributed by atoms with Crippen LogP contribution in [-0.2, 0) is 32.5 Å². The molecular formula is C80H82BN3S. The highest BCUT2D eigenvalue weighted by Crippen LogP contribution is 2.57. The number of para-hydroxylation sites is 2. The van der Waals surface area contributed by atoms with Gasteiger partial charge in [0.2, 0.25) is 0 Å². The van der Waals surface area contributed by atoms with Crippen LogP contribution in [0.1, 0.15) is 166 Å². The first-order valence-corrected chi connectivity index (χ1v) is 32.5. The number of anilines is 9. The number of rotatable bonds is 6. The summed E-state index contributed by atoms with van der Waals surface area (Å²) in [6.45, 7) is 34.5. The first-order chi connectivity index (χ1) is 40.4. The summed E-state index contributed by atoms with van der Waals surface area (Å²) < 4.78 is 2.74. The van der Waals surface area contributed by atoms with E-state index in [1.807, 2.05) is 11.3 Å². The van der Waals surface area contributed by atoms with Crippen LogP contribution in [0.25, 0.3) is 31.3 Å². The average molecular weight is 1130 g/mol. The van der Waals surface area contributed by atoms with Crippen molar-refractivity contribution in [3.8, 4) is 11.1 Å². The Balaban J connectivity index is 1.12. The Labute approximate surface area is 510 Å². The Kier molecular flexibility index (Phi) is 11.9. The zero-order chi connectivity index (χ0) is 59.1. The summed E-state index contributed by atoms with van der Waals surface area (Å²) >= 11 is 2.03. The summed E-state index contributed by atoms with van der Waals surface area (Å²) in [5.74, 6) is 0. The minimum absolute atomic E-state index is 0.00672. The molecule has 3 heterocycles. The second kappa shape index (κ2) is 18.6. The van der Waals surface area contributed by atoms with Crippen molar-refractivity contribution in [2.45, 2.75) is 168 Å². The molecule has 5 aliphatic rings. The van der Waals surface area contributed by atoms with Gasteiger partial charge in [-0.2, -0.15) is 0 Å². The van der Waals surface area contributed by atoms with E-state index < -0.39 is 0 Å². The van der Waals surface area contributed by atoms with E-state index in [9.17, 15) is 0 Å². The second-order valence-corrected chi connectivity index (χ2v) is 31.2. The van der Waals surface area contributed by atoms with Crippen molar-refractivity contribution in [1.29, 1.82) is 0 Å². The number of hydrogen-bond donors (Lipinski definition) is 0. The molecule has 0 radical (unpaired) electrons. The lowest BCUT2D eigenvalue weighted by Crippen LogP contribution is -2.61. The van der Waals surface area contributed by atoms with Crippen molar-refractivity contribution < 1.29 is 0 Å². The highest BCUT2D eigenvalue weighted by Gasteiger charge is 2.48. The van der Waals surface area contributed by atoms with Gasteiger partial charge in [0.25, 0.3) is 6.71 Å². The van der Waals surface area contributed by atoms with Gasteiger partial charge < -0.3 is 14.7 Å². The summed E-state index contributed by atoms with van der Waals surface area (Å²) in [7, 11) is 0. The zero-order valence-electron chi connectivity index (χ0n) is 52.7. The summed E-state index contributed by atoms with van der Waals surface area (Å²) in [5, 5.41) is 2.73. The Morgan fingerprint density at radius 3 is 1.33 bits per heavy atom. The van der Waals surface area contributed by atoms with Gasteiger partial charge >= 0.3 is 0 Å². The van der Waals surface area contributed by atoms with E-state index in [4.69, 9.17) is 0 Å². The molecule has 426 valence electrons. The minimum Gasteiger partial charge on any atom is -0.311 e. The highest BCUT2D eigenvalue weighted by molar-refractivity contribution is 7.26. The molecule has 0 N–H and O–H groups in total. The van der Waals surface area contributed by atoms with Gasteiger partial charge in [0.15, 0.2) is 0 Å². The van der Waals surface area contributed by atoms with Crippen molar-refractivity contribution in [2.24, 2.45) is 0 Å². The van der Waals surface area contributed by atoms with Crippen LogP contribution in [0.15, 0.2) is 170 Å². The van der Waals surface area contributed by atoms with E-state index in [0.717, 1.165) is 29.9 Å². The van der Waals surface area contributed by atoms with Crippen molar-refractivity contribution in [3.63, 3.8) is 0 Å². The second-order valence-electron chi connectivity index (χ2n) is 30.2. The SMILES string of the molecule is Cc1cc2c(cc1N1c3ccc(-c4ccccc4)cc3B3c4ccc5c(sc6cc7c(cc65)C(C)(C)CCC7(C)C)c4N(c4cc5c(cc4C)C(C)(C)CCC5(C)C)c4cc(N(c5ccccc5)c5ccccc5)cc1c43)C(C)(C)CCC2(C)C. The number of aryl methyl sites for hydroxylation is 2. The molecule has 0 fully saturated rings. The summed E-state index contributed by atoms with van der Waals surface area (Å²) in [4.78, 5) is 8.03. The van der Waals surface area contributed by atoms with Gasteiger partial charge in [0.05, 0.1) is 16.1 Å². The maximum absolute atomic E-state index is 2.80. The van der Waals surface area contributed by atoms with Crippen LogP contribution >= 0.6 is 11.3 Å². The molecule has 15 rings (SSSR count). The van der Waals surface area contributed by atoms with E-state index in [-0.39, 0.29) is 39.2 Å². The van der Waals surface area contributed by atoms with Gasteiger partial charge in [-0.15, -0.1) is 11.3 Å². The van der Waals surface area contributed by atoms with E-state index >= 15 is 0 Å². The van der Waals surface area contributed by atoms with Crippen LogP contribution < -0.4 is 31.1 Å². The van der Waals surface area contributed by atoms with Gasteiger partial charge in [-0.05, 0) is 224 Å². The lowest BCUT2D eigenvalue weighted by molar-refractivity contribution is 0.332. The van der Waals surface area contributed by atoms with Crippen LogP contribution in [0.3, 0.4) is 0 Å². The normalized spacial score (nSPS) is 18.7. The highest BCUT2D eigenvalue weighted by atomic mass is 32.1. The Morgan fingerprint density at radius 1 is 0.365 bits per heavy atom. The third kappa shape index (κ3) is 8.25. The van der Waals surface area contributed by atoms with E-state index in [1.165, 1.54) is 152 Å². The molecule has 0 atom stereocenters. The van der Waals surface area contributed by atoms with Gasteiger partial charge in [-0.1, -0.05) is 186 Å². The summed E-state index contributed by atoms with van der Waals surface area (Å²) in [6, 6.07) is 66.7. The first-order valence-electron chi connectivity index (χ1n) is 31.7. The molecule has 0 saturated heterocycles. The number of hydrogen-bond acceptors (Lipinski definition) is 4. The predicted molar refractivity (Wildman–Crippen MR) is 369 cm³/mol. The largest absolute Gasteiger partial charge is 0.311 e. The molecule has 10 aromatic rings. The van der Waals surface area contributed by atoms with Crippen LogP contribution in [0.5, 0.6) is 0 Å². The molecule has 0 unspecified atom stereocenters. The Hall–Kier alpha value is -7.34. The van der Waals surface area contributed by atoms with Crippen LogP contribution in [0, 0.1) is 13.8 Å². The molecule has 0 spiro atoms. The molecule has 85 heavy (non-hydrogen) atoms. The third-order valence-electron chi connectivity index (χ3n) is 21.8. The average Bonchev–Trinajstić information content (AvgIpc) is 1.61. The molecular weight excluding hydrogens is 1050 g/mol. The van der Waals surface area contributed by atoms with Gasteiger partial charge in [0.1, 0.15) is 0 Å². The maximum atomic E-state index is 2.80. The smallest absolute Gasteiger partial charge is 0.252 e. The van der Waals surface area contributed by atoms with Crippen LogP contribution in [0.2, 0.25) is 0 Å². The maximum Gasteiger partial charge on any atom is 0.252 e. The summed E-state index contributed by atoms with van der Waals surface area (Å²) in [6.07, 6.45) is 7.00. The molecule has 1 aromatic heterocycles. The molecule has 0 amide bonds. The van der Waals surface area contributed by atoms with Gasteiger partial charge in [-0.3, -0.25) is 0 Å². The van der Waals surface area contributed by atoms with Gasteiger partial charge in [0, 0.05) is 55.3 Å². The van der Waals surface area contributed by atoms with E-state index in [1.54, 1.807) is 0 Å². The number of thiophene rings is 1. The lowest BCUT2D eigenvalue weighted by Gasteiger charge is -2.47. The van der Waals surface area contributed by atoms with Gasteiger partial charge in [-0.25, -0.2) is 0 Å². The number of benzene rings is 9. The van der Waals surface area contributed by atoms with Crippen molar-refractivity contribution >= 4 is 106 Å². The monoisotopic (exact) mass is 1130 g/mol.